The molecule has 0 radical (unpaired) electrons. The average Bonchev–Trinajstić information content (AvgIpc) is 3.28. The molecule has 1 N–H and O–H groups in total. The van der Waals surface area contributed by atoms with Crippen LogP contribution in [0.25, 0.3) is 21.9 Å². The van der Waals surface area contributed by atoms with Crippen LogP contribution in [0, 0.1) is 0 Å². The molecule has 41 heavy (non-hydrogen) atoms. The molecule has 5 rings (SSSR count). The second-order valence-electron chi connectivity index (χ2n) is 9.88. The Morgan fingerprint density at radius 2 is 1.63 bits per heavy atom. The van der Waals surface area contributed by atoms with Crippen LogP contribution in [0.3, 0.4) is 0 Å². The number of thiophene rings is 1. The molecular weight excluding hydrogens is 564 g/mol. The number of aryl methyl sites for hydroxylation is 1. The first-order valence-electron chi connectivity index (χ1n) is 13.4. The highest BCUT2D eigenvalue weighted by atomic mass is 35.5. The van der Waals surface area contributed by atoms with Gasteiger partial charge in [0.1, 0.15) is 10.7 Å². The van der Waals surface area contributed by atoms with Crippen molar-refractivity contribution < 1.29 is 23.9 Å². The number of ether oxygens (including phenoxy) is 2. The highest BCUT2D eigenvalue weighted by Crippen LogP contribution is 2.38. The molecule has 0 unspecified atom stereocenters. The van der Waals surface area contributed by atoms with Gasteiger partial charge in [0.2, 0.25) is 0 Å². The van der Waals surface area contributed by atoms with Crippen LogP contribution in [0.15, 0.2) is 53.3 Å². The van der Waals surface area contributed by atoms with Gasteiger partial charge in [0.15, 0.2) is 6.61 Å². The largest absolute Gasteiger partial charge is 0.465 e. The van der Waals surface area contributed by atoms with Crippen LogP contribution in [0.2, 0.25) is 5.02 Å². The molecule has 2 aromatic carbocycles. The third-order valence-corrected chi connectivity index (χ3v) is 8.74. The molecule has 4 aromatic rings. The van der Waals surface area contributed by atoms with Crippen molar-refractivity contribution >= 4 is 56.6 Å². The highest BCUT2D eigenvalue weighted by molar-refractivity contribution is 7.17. The molecule has 0 fully saturated rings. The molecule has 1 aliphatic rings. The Morgan fingerprint density at radius 3 is 2.34 bits per heavy atom. The van der Waals surface area contributed by atoms with E-state index in [1.165, 1.54) is 30.1 Å². The molecule has 2 heterocycles. The Morgan fingerprint density at radius 1 is 0.951 bits per heavy atom. The number of carbonyl (C=O) groups is 3. The van der Waals surface area contributed by atoms with E-state index in [2.05, 4.69) is 5.32 Å². The summed E-state index contributed by atoms with van der Waals surface area (Å²) in [7, 11) is 2.81. The summed E-state index contributed by atoms with van der Waals surface area (Å²) >= 11 is 7.46. The van der Waals surface area contributed by atoms with E-state index in [4.69, 9.17) is 21.1 Å². The fourth-order valence-corrected chi connectivity index (χ4v) is 6.72. The SMILES string of the molecule is COC(=O)c1c(NC(=O)COC(=O)c2c(-c3ccc(Cl)cc3)c3ccccc3c(=O)n2C)sc2c1CCCCCC2. The zero-order chi connectivity index (χ0) is 29.1. The maximum absolute atomic E-state index is 13.5. The van der Waals surface area contributed by atoms with Crippen LogP contribution in [0.1, 0.15) is 57.0 Å². The van der Waals surface area contributed by atoms with E-state index in [-0.39, 0.29) is 11.3 Å². The van der Waals surface area contributed by atoms with E-state index >= 15 is 0 Å². The minimum absolute atomic E-state index is 0.0122. The number of anilines is 1. The molecule has 212 valence electrons. The van der Waals surface area contributed by atoms with Gasteiger partial charge >= 0.3 is 11.9 Å². The number of nitrogens with zero attached hydrogens (tertiary/aromatic N) is 1. The summed E-state index contributed by atoms with van der Waals surface area (Å²) in [6.07, 6.45) is 5.75. The molecule has 2 aromatic heterocycles. The van der Waals surface area contributed by atoms with Crippen LogP contribution in [-0.2, 0) is 34.2 Å². The second-order valence-corrected chi connectivity index (χ2v) is 11.4. The van der Waals surface area contributed by atoms with Crippen LogP contribution >= 0.6 is 22.9 Å². The predicted octanol–water partition coefficient (Wildman–Crippen LogP) is 6.16. The Hall–Kier alpha value is -3.95. The minimum Gasteiger partial charge on any atom is -0.465 e. The highest BCUT2D eigenvalue weighted by Gasteiger charge is 2.27. The van der Waals surface area contributed by atoms with E-state index in [0.717, 1.165) is 49.0 Å². The molecular formula is C31H29ClN2O6S. The Balaban J connectivity index is 1.44. The maximum Gasteiger partial charge on any atom is 0.356 e. The normalized spacial score (nSPS) is 13.1. The first kappa shape index (κ1) is 28.6. The van der Waals surface area contributed by atoms with Crippen molar-refractivity contribution in [3.63, 3.8) is 0 Å². The number of pyridine rings is 1. The van der Waals surface area contributed by atoms with Crippen molar-refractivity contribution in [2.45, 2.75) is 38.5 Å². The number of esters is 2. The van der Waals surface area contributed by atoms with E-state index < -0.39 is 24.5 Å². The Labute approximate surface area is 245 Å². The lowest BCUT2D eigenvalue weighted by atomic mass is 9.96. The van der Waals surface area contributed by atoms with Gasteiger partial charge in [-0.05, 0) is 60.4 Å². The Bertz CT molecular complexity index is 1710. The van der Waals surface area contributed by atoms with Gasteiger partial charge in [0, 0.05) is 27.9 Å². The summed E-state index contributed by atoms with van der Waals surface area (Å²) < 4.78 is 11.7. The number of hydrogen-bond acceptors (Lipinski definition) is 7. The maximum atomic E-state index is 13.5. The molecule has 1 amide bonds. The van der Waals surface area contributed by atoms with Crippen LogP contribution in [-0.4, -0.2) is 36.1 Å². The average molecular weight is 593 g/mol. The van der Waals surface area contributed by atoms with E-state index in [9.17, 15) is 19.2 Å². The molecule has 1 aliphatic carbocycles. The van der Waals surface area contributed by atoms with Crippen LogP contribution < -0.4 is 10.9 Å². The molecule has 10 heteroatoms. The summed E-state index contributed by atoms with van der Waals surface area (Å²) in [6, 6.07) is 13.9. The van der Waals surface area contributed by atoms with Gasteiger partial charge in [-0.2, -0.15) is 0 Å². The Kier molecular flexibility index (Phi) is 8.56. The van der Waals surface area contributed by atoms with Crippen molar-refractivity contribution in [2.75, 3.05) is 19.0 Å². The van der Waals surface area contributed by atoms with E-state index in [1.54, 1.807) is 48.5 Å². The fraction of sp³-hybridized carbons (Fsp3) is 0.290. The van der Waals surface area contributed by atoms with Crippen molar-refractivity contribution in [3.05, 3.63) is 85.6 Å². The van der Waals surface area contributed by atoms with Gasteiger partial charge in [-0.25, -0.2) is 9.59 Å². The van der Waals surface area contributed by atoms with Gasteiger partial charge in [-0.1, -0.05) is 54.8 Å². The monoisotopic (exact) mass is 592 g/mol. The zero-order valence-electron chi connectivity index (χ0n) is 22.8. The number of amides is 1. The number of hydrogen-bond donors (Lipinski definition) is 1. The van der Waals surface area contributed by atoms with Gasteiger partial charge in [-0.3, -0.25) is 9.59 Å². The van der Waals surface area contributed by atoms with Gasteiger partial charge in [-0.15, -0.1) is 11.3 Å². The first-order valence-corrected chi connectivity index (χ1v) is 14.6. The number of halogens is 1. The molecule has 0 aliphatic heterocycles. The molecule has 0 saturated heterocycles. The van der Waals surface area contributed by atoms with E-state index in [1.807, 2.05) is 0 Å². The third kappa shape index (κ3) is 5.78. The van der Waals surface area contributed by atoms with E-state index in [0.29, 0.717) is 37.5 Å². The number of carbonyl (C=O) groups excluding carboxylic acids is 3. The van der Waals surface area contributed by atoms with Gasteiger partial charge in [0.05, 0.1) is 12.7 Å². The molecule has 8 nitrogen and oxygen atoms in total. The second kappa shape index (κ2) is 12.3. The van der Waals surface area contributed by atoms with Crippen molar-refractivity contribution in [1.29, 1.82) is 0 Å². The fourth-order valence-electron chi connectivity index (χ4n) is 5.30. The summed E-state index contributed by atoms with van der Waals surface area (Å²) in [4.78, 5) is 53.4. The predicted molar refractivity (Wildman–Crippen MR) is 160 cm³/mol. The molecule has 0 saturated carbocycles. The number of nitrogens with one attached hydrogen (secondary N) is 1. The number of benzene rings is 2. The summed E-state index contributed by atoms with van der Waals surface area (Å²) in [5.74, 6) is -1.94. The number of aromatic nitrogens is 1. The van der Waals surface area contributed by atoms with Crippen molar-refractivity contribution in [1.82, 2.24) is 4.57 Å². The number of rotatable bonds is 6. The lowest BCUT2D eigenvalue weighted by Gasteiger charge is -2.17. The third-order valence-electron chi connectivity index (χ3n) is 7.28. The number of methoxy groups -OCH3 is 1. The lowest BCUT2D eigenvalue weighted by molar-refractivity contribution is -0.119. The van der Waals surface area contributed by atoms with Crippen LogP contribution in [0.5, 0.6) is 0 Å². The quantitative estimate of drug-likeness (QED) is 0.269. The first-order chi connectivity index (χ1) is 19.8. The standard InChI is InChI=1S/C31H29ClN2O6S/c1-34-27(25(18-13-15-19(32)16-14-18)20-9-7-8-10-21(20)29(34)36)31(38)40-17-24(35)33-28-26(30(37)39-2)22-11-5-3-4-6-12-23(22)41-28/h7-10,13-16H,3-6,11-12,17H2,1-2H3,(H,33,35). The minimum atomic E-state index is -0.831. The van der Waals surface area contributed by atoms with Gasteiger partial charge in [0.25, 0.3) is 11.5 Å². The topological polar surface area (TPSA) is 104 Å². The van der Waals surface area contributed by atoms with Crippen LogP contribution in [0.4, 0.5) is 5.00 Å². The molecule has 0 spiro atoms. The lowest BCUT2D eigenvalue weighted by Crippen LogP contribution is -2.28. The van der Waals surface area contributed by atoms with Crippen molar-refractivity contribution in [3.8, 4) is 11.1 Å². The van der Waals surface area contributed by atoms with Gasteiger partial charge < -0.3 is 19.4 Å². The molecule has 0 bridgehead atoms. The van der Waals surface area contributed by atoms with Crippen molar-refractivity contribution in [2.24, 2.45) is 7.05 Å². The summed E-state index contributed by atoms with van der Waals surface area (Å²) in [5, 5.41) is 4.69. The zero-order valence-corrected chi connectivity index (χ0v) is 24.3. The smallest absolute Gasteiger partial charge is 0.356 e. The summed E-state index contributed by atoms with van der Waals surface area (Å²) in [5.41, 5.74) is 2.10. The molecule has 0 atom stereocenters. The number of fused-ring (bicyclic) bond motifs is 2. The summed E-state index contributed by atoms with van der Waals surface area (Å²) in [6.45, 7) is -0.608.